The molecule has 0 spiro atoms. The lowest BCUT2D eigenvalue weighted by molar-refractivity contribution is -0.138. The van der Waals surface area contributed by atoms with Gasteiger partial charge in [0.15, 0.2) is 5.82 Å². The quantitative estimate of drug-likeness (QED) is 0.508. The maximum atomic E-state index is 13.4. The van der Waals surface area contributed by atoms with Gasteiger partial charge in [0.05, 0.1) is 16.8 Å². The highest BCUT2D eigenvalue weighted by atomic mass is 19.4. The molecular weight excluding hydrogens is 464 g/mol. The summed E-state index contributed by atoms with van der Waals surface area (Å²) in [7, 11) is 3.33. The smallest absolute Gasteiger partial charge is 0.355 e. The number of alkyl halides is 3. The summed E-state index contributed by atoms with van der Waals surface area (Å²) in [5, 5.41) is 13.1. The van der Waals surface area contributed by atoms with Crippen molar-refractivity contribution in [3.8, 4) is 11.4 Å². The summed E-state index contributed by atoms with van der Waals surface area (Å²) in [4.78, 5) is 16.3. The number of aromatic nitrogens is 4. The van der Waals surface area contributed by atoms with E-state index in [1.54, 1.807) is 10.9 Å². The molecule has 3 aromatic rings. The number of halogens is 4. The Morgan fingerprint density at radius 3 is 2.37 bits per heavy atom. The predicted molar refractivity (Wildman–Crippen MR) is 122 cm³/mol. The second-order valence-corrected chi connectivity index (χ2v) is 8.78. The van der Waals surface area contributed by atoms with Gasteiger partial charge in [-0.05, 0) is 62.1 Å². The number of anilines is 1. The maximum absolute atomic E-state index is 13.4. The molecule has 4 rings (SSSR count). The third-order valence-electron chi connectivity index (χ3n) is 6.71. The fraction of sp³-hybridized carbons (Fsp3) is 0.417. The Kier molecular flexibility index (Phi) is 6.52. The highest BCUT2D eigenvalue weighted by molar-refractivity contribution is 5.96. The monoisotopic (exact) mass is 490 g/mol. The Hall–Kier alpha value is -3.50. The van der Waals surface area contributed by atoms with Crippen LogP contribution in [0.4, 0.5) is 23.4 Å². The normalized spacial score (nSPS) is 14.9. The molecule has 11 heteroatoms. The molecule has 3 heterocycles. The standard InChI is InChI=1S/C24H26F4N6O/c1-14-15(2)22(31-30-21(14)20-7-10-29-33(20)4)34-11-8-17(9-12-34)32(3)23(35)18-6-5-16(25)13-19(18)24(26,27)28/h5-7,10,13,17H,8-9,11-12H2,1-4H3. The Morgan fingerprint density at radius 1 is 1.09 bits per heavy atom. The summed E-state index contributed by atoms with van der Waals surface area (Å²) >= 11 is 0. The van der Waals surface area contributed by atoms with Gasteiger partial charge in [-0.25, -0.2) is 4.39 Å². The van der Waals surface area contributed by atoms with Crippen molar-refractivity contribution in [1.82, 2.24) is 24.9 Å². The summed E-state index contributed by atoms with van der Waals surface area (Å²) in [6.45, 7) is 5.10. The van der Waals surface area contributed by atoms with Crippen molar-refractivity contribution in [2.45, 2.75) is 38.9 Å². The van der Waals surface area contributed by atoms with Crippen molar-refractivity contribution < 1.29 is 22.4 Å². The zero-order chi connectivity index (χ0) is 25.5. The SMILES string of the molecule is Cc1c(-c2ccnn2C)nnc(N2CCC(N(C)C(=O)c3ccc(F)cc3C(F)(F)F)CC2)c1C. The molecule has 7 nitrogen and oxygen atoms in total. The molecular formula is C24H26F4N6O. The molecule has 1 amide bonds. The van der Waals surface area contributed by atoms with Gasteiger partial charge in [-0.1, -0.05) is 0 Å². The lowest BCUT2D eigenvalue weighted by Crippen LogP contribution is -2.46. The van der Waals surface area contributed by atoms with E-state index in [4.69, 9.17) is 0 Å². The Bertz CT molecular complexity index is 1250. The van der Waals surface area contributed by atoms with Gasteiger partial charge in [0.1, 0.15) is 11.5 Å². The van der Waals surface area contributed by atoms with Crippen LogP contribution < -0.4 is 4.90 Å². The summed E-state index contributed by atoms with van der Waals surface area (Å²) in [5.41, 5.74) is 1.78. The average molecular weight is 491 g/mol. The van der Waals surface area contributed by atoms with E-state index in [2.05, 4.69) is 20.2 Å². The third-order valence-corrected chi connectivity index (χ3v) is 6.71. The highest BCUT2D eigenvalue weighted by Crippen LogP contribution is 2.34. The maximum Gasteiger partial charge on any atom is 0.417 e. The van der Waals surface area contributed by atoms with Crippen molar-refractivity contribution >= 4 is 11.7 Å². The molecule has 0 N–H and O–H groups in total. The summed E-state index contributed by atoms with van der Waals surface area (Å²) in [5.74, 6) is -1.06. The number of carbonyl (C=O) groups excluding carboxylic acids is 1. The highest BCUT2D eigenvalue weighted by Gasteiger charge is 2.37. The number of hydrogen-bond donors (Lipinski definition) is 0. The van der Waals surface area contributed by atoms with E-state index in [-0.39, 0.29) is 6.04 Å². The molecule has 1 aliphatic rings. The van der Waals surface area contributed by atoms with Gasteiger partial charge in [-0.3, -0.25) is 9.48 Å². The number of rotatable bonds is 4. The zero-order valence-corrected chi connectivity index (χ0v) is 19.9. The van der Waals surface area contributed by atoms with Crippen LogP contribution in [0.3, 0.4) is 0 Å². The molecule has 0 unspecified atom stereocenters. The Morgan fingerprint density at radius 2 is 1.77 bits per heavy atom. The van der Waals surface area contributed by atoms with Gasteiger partial charge in [0, 0.05) is 39.4 Å². The molecule has 1 saturated heterocycles. The van der Waals surface area contributed by atoms with Crippen LogP contribution >= 0.6 is 0 Å². The molecule has 1 fully saturated rings. The average Bonchev–Trinajstić information content (AvgIpc) is 3.25. The lowest BCUT2D eigenvalue weighted by atomic mass is 9.99. The predicted octanol–water partition coefficient (Wildman–Crippen LogP) is 4.39. The molecule has 35 heavy (non-hydrogen) atoms. The number of piperidine rings is 1. The minimum atomic E-state index is -4.83. The van der Waals surface area contributed by atoms with E-state index >= 15 is 0 Å². The van der Waals surface area contributed by atoms with Crippen LogP contribution in [-0.4, -0.2) is 57.0 Å². The van der Waals surface area contributed by atoms with E-state index in [1.807, 2.05) is 27.0 Å². The first-order valence-electron chi connectivity index (χ1n) is 11.2. The van der Waals surface area contributed by atoms with Gasteiger partial charge in [0.25, 0.3) is 5.91 Å². The van der Waals surface area contributed by atoms with Crippen molar-refractivity contribution in [2.75, 3.05) is 25.0 Å². The Balaban J connectivity index is 1.48. The number of aryl methyl sites for hydroxylation is 1. The van der Waals surface area contributed by atoms with Crippen molar-refractivity contribution in [3.05, 3.63) is 58.5 Å². The summed E-state index contributed by atoms with van der Waals surface area (Å²) in [6, 6.07) is 3.76. The zero-order valence-electron chi connectivity index (χ0n) is 19.9. The van der Waals surface area contributed by atoms with Crippen LogP contribution in [0.5, 0.6) is 0 Å². The second-order valence-electron chi connectivity index (χ2n) is 8.78. The van der Waals surface area contributed by atoms with Crippen LogP contribution in [0.1, 0.15) is 39.9 Å². The molecule has 0 bridgehead atoms. The largest absolute Gasteiger partial charge is 0.417 e. The Labute approximate surface area is 200 Å². The molecule has 0 saturated carbocycles. The number of benzene rings is 1. The first-order chi connectivity index (χ1) is 16.5. The van der Waals surface area contributed by atoms with Crippen LogP contribution in [-0.2, 0) is 13.2 Å². The minimum Gasteiger partial charge on any atom is -0.355 e. The van der Waals surface area contributed by atoms with E-state index in [9.17, 15) is 22.4 Å². The lowest BCUT2D eigenvalue weighted by Gasteiger charge is -2.38. The van der Waals surface area contributed by atoms with Gasteiger partial charge < -0.3 is 9.80 Å². The fourth-order valence-corrected chi connectivity index (χ4v) is 4.50. The molecule has 0 atom stereocenters. The second kappa shape index (κ2) is 9.27. The number of nitrogens with zero attached hydrogens (tertiary/aromatic N) is 6. The van der Waals surface area contributed by atoms with E-state index < -0.39 is 29.0 Å². The van der Waals surface area contributed by atoms with E-state index in [0.29, 0.717) is 32.0 Å². The topological polar surface area (TPSA) is 67.2 Å². The molecule has 1 aliphatic heterocycles. The fourth-order valence-electron chi connectivity index (χ4n) is 4.50. The van der Waals surface area contributed by atoms with Gasteiger partial charge in [-0.2, -0.15) is 18.3 Å². The number of hydrogen-bond acceptors (Lipinski definition) is 5. The van der Waals surface area contributed by atoms with Crippen molar-refractivity contribution in [1.29, 1.82) is 0 Å². The van der Waals surface area contributed by atoms with Crippen LogP contribution in [0.25, 0.3) is 11.4 Å². The van der Waals surface area contributed by atoms with Gasteiger partial charge >= 0.3 is 6.18 Å². The van der Waals surface area contributed by atoms with Crippen LogP contribution in [0.2, 0.25) is 0 Å². The molecule has 2 aromatic heterocycles. The van der Waals surface area contributed by atoms with Crippen LogP contribution in [0, 0.1) is 19.7 Å². The molecule has 0 radical (unpaired) electrons. The minimum absolute atomic E-state index is 0.257. The first kappa shape index (κ1) is 24.6. The van der Waals surface area contributed by atoms with E-state index in [1.165, 1.54) is 11.9 Å². The summed E-state index contributed by atoms with van der Waals surface area (Å²) in [6.07, 6.45) is -2.03. The molecule has 186 valence electrons. The first-order valence-corrected chi connectivity index (χ1v) is 11.2. The van der Waals surface area contributed by atoms with E-state index in [0.717, 1.165) is 40.5 Å². The van der Waals surface area contributed by atoms with Crippen molar-refractivity contribution in [3.63, 3.8) is 0 Å². The van der Waals surface area contributed by atoms with Gasteiger partial charge in [0.2, 0.25) is 0 Å². The number of amides is 1. The van der Waals surface area contributed by atoms with Crippen LogP contribution in [0.15, 0.2) is 30.5 Å². The molecule has 0 aliphatic carbocycles. The number of carbonyl (C=O) groups is 1. The third kappa shape index (κ3) is 4.71. The molecule has 1 aromatic carbocycles. The summed E-state index contributed by atoms with van der Waals surface area (Å²) < 4.78 is 55.3. The van der Waals surface area contributed by atoms with Gasteiger partial charge in [-0.15, -0.1) is 10.2 Å². The van der Waals surface area contributed by atoms with Crippen molar-refractivity contribution in [2.24, 2.45) is 7.05 Å².